The Hall–Kier alpha value is -7.50. The minimum absolute atomic E-state index is 0.00474. The monoisotopic (exact) mass is 741 g/mol. The molecule has 1 aromatic heterocycles. The fourth-order valence-electron chi connectivity index (χ4n) is 9.44. The smallest absolute Gasteiger partial charge is 0.256 e. The van der Waals surface area contributed by atoms with Crippen LogP contribution in [0.4, 0.5) is 34.1 Å². The van der Waals surface area contributed by atoms with E-state index < -0.39 is 0 Å². The maximum Gasteiger partial charge on any atom is 0.256 e. The third-order valence-corrected chi connectivity index (χ3v) is 12.0. The van der Waals surface area contributed by atoms with Gasteiger partial charge in [-0.2, -0.15) is 0 Å². The number of aryl methyl sites for hydroxylation is 1. The second-order valence-electron chi connectivity index (χ2n) is 15.4. The van der Waals surface area contributed by atoms with Crippen molar-refractivity contribution < 1.29 is 4.74 Å². The normalized spacial score (nSPS) is 12.6. The van der Waals surface area contributed by atoms with Crippen LogP contribution in [0.1, 0.15) is 5.56 Å². The summed E-state index contributed by atoms with van der Waals surface area (Å²) in [6.07, 6.45) is 0. The van der Waals surface area contributed by atoms with E-state index in [9.17, 15) is 0 Å². The zero-order valence-electron chi connectivity index (χ0n) is 31.9. The molecule has 0 aliphatic carbocycles. The molecule has 0 N–H and O–H groups in total. The van der Waals surface area contributed by atoms with Crippen LogP contribution < -0.4 is 30.9 Å². The van der Waals surface area contributed by atoms with E-state index in [0.717, 1.165) is 56.7 Å². The van der Waals surface area contributed by atoms with Crippen LogP contribution in [0.2, 0.25) is 0 Å². The SMILES string of the molecule is Cc1ccc(N(c2ccccc2)c2ccc3cc4c5cc6c(cc5n(-c5ccccc5)c4cc3c2)B2c3ccccc3N(c3ccccc3)c3cccc(c32)O6)cc1. The highest BCUT2D eigenvalue weighted by molar-refractivity contribution is 6.99. The summed E-state index contributed by atoms with van der Waals surface area (Å²) in [6.45, 7) is 2.14. The molecule has 5 heteroatoms. The topological polar surface area (TPSA) is 20.6 Å². The van der Waals surface area contributed by atoms with Crippen LogP contribution in [0, 0.1) is 6.92 Å². The zero-order chi connectivity index (χ0) is 38.3. The highest BCUT2D eigenvalue weighted by Crippen LogP contribution is 2.44. The zero-order valence-corrected chi connectivity index (χ0v) is 31.9. The first-order valence-corrected chi connectivity index (χ1v) is 20.0. The number of para-hydroxylation sites is 4. The lowest BCUT2D eigenvalue weighted by Crippen LogP contribution is -2.59. The van der Waals surface area contributed by atoms with Crippen molar-refractivity contribution in [1.29, 1.82) is 0 Å². The quantitative estimate of drug-likeness (QED) is 0.164. The van der Waals surface area contributed by atoms with Gasteiger partial charge in [0, 0.05) is 50.6 Å². The molecule has 0 radical (unpaired) electrons. The van der Waals surface area contributed by atoms with E-state index >= 15 is 0 Å². The molecule has 4 nitrogen and oxygen atoms in total. The Morgan fingerprint density at radius 2 is 1.09 bits per heavy atom. The summed E-state index contributed by atoms with van der Waals surface area (Å²) in [5.74, 6) is 1.82. The molecule has 2 aliphatic rings. The minimum atomic E-state index is 0.00474. The summed E-state index contributed by atoms with van der Waals surface area (Å²) in [5.41, 5.74) is 15.2. The number of anilines is 6. The third-order valence-electron chi connectivity index (χ3n) is 12.0. The standard InChI is InChI=1S/C53H36BN3O/c1-35-24-27-41(28-25-35)55(38-14-5-2-6-15-38)42-29-26-36-31-43-44-33-52-46(34-50(44)57(40-18-9-4-10-19-40)49(43)32-37(36)30-42)54-45-20-11-12-21-47(45)56(39-16-7-3-8-17-39)48-22-13-23-51(58-52)53(48)54/h2-34H,1H3. The molecule has 0 unspecified atom stereocenters. The molecule has 10 aromatic rings. The predicted octanol–water partition coefficient (Wildman–Crippen LogP) is 12.1. The summed E-state index contributed by atoms with van der Waals surface area (Å²) in [4.78, 5) is 4.73. The average molecular weight is 742 g/mol. The molecule has 3 heterocycles. The van der Waals surface area contributed by atoms with Gasteiger partial charge in [-0.05, 0) is 137 Å². The number of nitrogens with zero attached hydrogens (tertiary/aromatic N) is 3. The lowest BCUT2D eigenvalue weighted by atomic mass is 9.34. The molecule has 0 fully saturated rings. The summed E-state index contributed by atoms with van der Waals surface area (Å²) in [5, 5.41) is 4.74. The molecular weight excluding hydrogens is 705 g/mol. The van der Waals surface area contributed by atoms with Gasteiger partial charge < -0.3 is 19.1 Å². The number of aromatic nitrogens is 1. The Morgan fingerprint density at radius 1 is 0.448 bits per heavy atom. The highest BCUT2D eigenvalue weighted by Gasteiger charge is 2.42. The molecule has 0 saturated carbocycles. The van der Waals surface area contributed by atoms with Crippen molar-refractivity contribution in [1.82, 2.24) is 4.57 Å². The largest absolute Gasteiger partial charge is 0.458 e. The molecule has 0 amide bonds. The van der Waals surface area contributed by atoms with Crippen LogP contribution in [-0.4, -0.2) is 11.3 Å². The first-order valence-electron chi connectivity index (χ1n) is 20.0. The summed E-state index contributed by atoms with van der Waals surface area (Å²) in [7, 11) is 0. The summed E-state index contributed by atoms with van der Waals surface area (Å²) in [6, 6.07) is 72.5. The van der Waals surface area contributed by atoms with Crippen LogP contribution in [0.25, 0.3) is 38.3 Å². The van der Waals surface area contributed by atoms with Crippen LogP contribution in [-0.2, 0) is 0 Å². The number of hydrogen-bond acceptors (Lipinski definition) is 3. The van der Waals surface area contributed by atoms with E-state index in [1.165, 1.54) is 49.2 Å². The Labute approximate surface area is 337 Å². The molecule has 0 atom stereocenters. The van der Waals surface area contributed by atoms with Gasteiger partial charge in [0.05, 0.1) is 11.0 Å². The van der Waals surface area contributed by atoms with Crippen molar-refractivity contribution in [2.45, 2.75) is 6.92 Å². The van der Waals surface area contributed by atoms with Crippen LogP contribution in [0.3, 0.4) is 0 Å². The molecule has 0 saturated heterocycles. The van der Waals surface area contributed by atoms with Gasteiger partial charge in [0.25, 0.3) is 6.71 Å². The van der Waals surface area contributed by atoms with Gasteiger partial charge in [0.1, 0.15) is 11.5 Å². The van der Waals surface area contributed by atoms with Crippen LogP contribution >= 0.6 is 0 Å². The maximum atomic E-state index is 6.98. The van der Waals surface area contributed by atoms with E-state index in [1.54, 1.807) is 0 Å². The van der Waals surface area contributed by atoms with Gasteiger partial charge in [-0.1, -0.05) is 103 Å². The number of benzene rings is 9. The second-order valence-corrected chi connectivity index (χ2v) is 15.4. The fraction of sp³-hybridized carbons (Fsp3) is 0.0189. The van der Waals surface area contributed by atoms with Crippen molar-refractivity contribution >= 4 is 89.8 Å². The van der Waals surface area contributed by atoms with Crippen molar-refractivity contribution in [2.24, 2.45) is 0 Å². The van der Waals surface area contributed by atoms with Gasteiger partial charge >= 0.3 is 0 Å². The lowest BCUT2D eigenvalue weighted by Gasteiger charge is -2.39. The third kappa shape index (κ3) is 4.96. The van der Waals surface area contributed by atoms with Gasteiger partial charge in [0.15, 0.2) is 0 Å². The van der Waals surface area contributed by atoms with Crippen molar-refractivity contribution in [3.63, 3.8) is 0 Å². The lowest BCUT2D eigenvalue weighted by molar-refractivity contribution is 0.488. The molecule has 9 aromatic carbocycles. The Morgan fingerprint density at radius 3 is 1.88 bits per heavy atom. The molecule has 2 aliphatic heterocycles. The van der Waals surface area contributed by atoms with Crippen LogP contribution in [0.15, 0.2) is 200 Å². The van der Waals surface area contributed by atoms with E-state index in [0.29, 0.717) is 0 Å². The first-order chi connectivity index (χ1) is 28.7. The van der Waals surface area contributed by atoms with E-state index in [-0.39, 0.29) is 6.71 Å². The Kier molecular flexibility index (Phi) is 7.20. The molecule has 0 spiro atoms. The number of fused-ring (bicyclic) bond motifs is 8. The molecule has 272 valence electrons. The average Bonchev–Trinajstić information content (AvgIpc) is 3.58. The summed E-state index contributed by atoms with van der Waals surface area (Å²) >= 11 is 0. The molecule has 12 rings (SSSR count). The first kappa shape index (κ1) is 32.7. The second kappa shape index (κ2) is 12.8. The van der Waals surface area contributed by atoms with Crippen molar-refractivity contribution in [3.05, 3.63) is 206 Å². The van der Waals surface area contributed by atoms with E-state index in [2.05, 4.69) is 221 Å². The number of rotatable bonds is 5. The minimum Gasteiger partial charge on any atom is -0.458 e. The fourth-order valence-corrected chi connectivity index (χ4v) is 9.44. The highest BCUT2D eigenvalue weighted by atomic mass is 16.5. The summed E-state index contributed by atoms with van der Waals surface area (Å²) < 4.78 is 9.42. The van der Waals surface area contributed by atoms with Crippen molar-refractivity contribution in [3.8, 4) is 17.2 Å². The van der Waals surface area contributed by atoms with Crippen LogP contribution in [0.5, 0.6) is 11.5 Å². The van der Waals surface area contributed by atoms with Gasteiger partial charge in [-0.15, -0.1) is 0 Å². The maximum absolute atomic E-state index is 6.98. The predicted molar refractivity (Wildman–Crippen MR) is 244 cm³/mol. The number of hydrogen-bond donors (Lipinski definition) is 0. The Bertz CT molecular complexity index is 3220. The van der Waals surface area contributed by atoms with Gasteiger partial charge in [-0.25, -0.2) is 0 Å². The molecule has 58 heavy (non-hydrogen) atoms. The molecular formula is C53H36BN3O. The number of ether oxygens (including phenoxy) is 1. The van der Waals surface area contributed by atoms with E-state index in [4.69, 9.17) is 4.74 Å². The van der Waals surface area contributed by atoms with Crippen molar-refractivity contribution in [2.75, 3.05) is 9.80 Å². The van der Waals surface area contributed by atoms with Gasteiger partial charge in [-0.3, -0.25) is 0 Å². The Balaban J connectivity index is 1.09. The van der Waals surface area contributed by atoms with E-state index in [1.807, 2.05) is 0 Å². The molecule has 0 bridgehead atoms. The van der Waals surface area contributed by atoms with Gasteiger partial charge in [0.2, 0.25) is 0 Å².